The van der Waals surface area contributed by atoms with Gasteiger partial charge < -0.3 is 14.6 Å². The number of carbonyl (C=O) groups excluding carboxylic acids is 2. The largest absolute Gasteiger partial charge is 0.548 e. The molecule has 0 N–H and O–H groups in total. The average Bonchev–Trinajstić information content (AvgIpc) is 2.83. The number of aliphatic carboxylic acids is 1. The van der Waals surface area contributed by atoms with E-state index in [2.05, 4.69) is 4.98 Å². The van der Waals surface area contributed by atoms with Crippen LogP contribution in [0.3, 0.4) is 0 Å². The highest BCUT2D eigenvalue weighted by atomic mass is 16.6. The summed E-state index contributed by atoms with van der Waals surface area (Å²) in [5.74, 6) is -1.26. The number of nitrogens with zero attached hydrogens (tertiary/aromatic N) is 2. The number of carbonyl (C=O) groups is 2. The van der Waals surface area contributed by atoms with Gasteiger partial charge in [-0.2, -0.15) is 0 Å². The van der Waals surface area contributed by atoms with Crippen LogP contribution in [0.2, 0.25) is 0 Å². The maximum atomic E-state index is 12.4. The Morgan fingerprint density at radius 2 is 2.14 bits per heavy atom. The van der Waals surface area contributed by atoms with Gasteiger partial charge in [0.1, 0.15) is 5.60 Å². The Bertz CT molecular complexity index is 553. The van der Waals surface area contributed by atoms with Crippen molar-refractivity contribution in [3.63, 3.8) is 0 Å². The quantitative estimate of drug-likeness (QED) is 0.836. The van der Waals surface area contributed by atoms with Gasteiger partial charge in [-0.3, -0.25) is 9.88 Å². The highest BCUT2D eigenvalue weighted by molar-refractivity contribution is 5.84. The van der Waals surface area contributed by atoms with E-state index >= 15 is 0 Å². The van der Waals surface area contributed by atoms with E-state index in [1.807, 2.05) is 0 Å². The Kier molecular flexibility index (Phi) is 4.39. The molecule has 1 saturated heterocycles. The molecular formula is C16H21N2O4-. The van der Waals surface area contributed by atoms with E-state index in [0.717, 1.165) is 0 Å². The third kappa shape index (κ3) is 3.37. The highest BCUT2D eigenvalue weighted by Crippen LogP contribution is 2.33. The lowest BCUT2D eigenvalue weighted by atomic mass is 9.90. The molecule has 0 aromatic carbocycles. The van der Waals surface area contributed by atoms with E-state index in [1.54, 1.807) is 45.2 Å². The Morgan fingerprint density at radius 3 is 2.68 bits per heavy atom. The van der Waals surface area contributed by atoms with E-state index in [1.165, 1.54) is 4.90 Å². The number of amides is 1. The zero-order chi connectivity index (χ0) is 16.4. The van der Waals surface area contributed by atoms with Crippen molar-refractivity contribution in [2.75, 3.05) is 6.54 Å². The number of rotatable bonds is 3. The van der Waals surface area contributed by atoms with Crippen LogP contribution >= 0.6 is 0 Å². The zero-order valence-corrected chi connectivity index (χ0v) is 13.2. The van der Waals surface area contributed by atoms with Gasteiger partial charge in [0, 0.05) is 24.9 Å². The maximum Gasteiger partial charge on any atom is 0.411 e. The fraction of sp³-hybridized carbons (Fsp3) is 0.562. The summed E-state index contributed by atoms with van der Waals surface area (Å²) < 4.78 is 5.34. The van der Waals surface area contributed by atoms with Crippen LogP contribution in [0, 0.1) is 0 Å². The molecule has 0 radical (unpaired) electrons. The maximum absolute atomic E-state index is 12.4. The van der Waals surface area contributed by atoms with E-state index in [0.29, 0.717) is 25.1 Å². The minimum absolute atomic E-state index is 0.120. The van der Waals surface area contributed by atoms with Crippen molar-refractivity contribution in [3.8, 4) is 0 Å². The lowest BCUT2D eigenvalue weighted by Crippen LogP contribution is -2.60. The first kappa shape index (κ1) is 16.3. The molecule has 0 spiro atoms. The molecule has 1 aromatic rings. The van der Waals surface area contributed by atoms with Crippen molar-refractivity contribution < 1.29 is 19.4 Å². The normalized spacial score (nSPS) is 21.7. The number of hydrogen-bond donors (Lipinski definition) is 0. The summed E-state index contributed by atoms with van der Waals surface area (Å²) in [5.41, 5.74) is -1.46. The number of likely N-dealkylation sites (tertiary alicyclic amines) is 1. The Labute approximate surface area is 130 Å². The monoisotopic (exact) mass is 305 g/mol. The number of hydrogen-bond acceptors (Lipinski definition) is 5. The molecule has 1 amide bonds. The number of pyridine rings is 1. The van der Waals surface area contributed by atoms with Gasteiger partial charge >= 0.3 is 6.09 Å². The summed E-state index contributed by atoms with van der Waals surface area (Å²) >= 11 is 0. The van der Waals surface area contributed by atoms with E-state index < -0.39 is 23.2 Å². The molecule has 120 valence electrons. The molecule has 0 unspecified atom stereocenters. The first-order valence-electron chi connectivity index (χ1n) is 7.37. The van der Waals surface area contributed by atoms with Crippen LogP contribution in [0.15, 0.2) is 24.4 Å². The Balaban J connectivity index is 2.28. The van der Waals surface area contributed by atoms with Gasteiger partial charge in [-0.25, -0.2) is 4.79 Å². The van der Waals surface area contributed by atoms with Crippen molar-refractivity contribution >= 4 is 12.1 Å². The molecule has 1 aromatic heterocycles. The van der Waals surface area contributed by atoms with Gasteiger partial charge in [0.15, 0.2) is 0 Å². The molecule has 1 aliphatic heterocycles. The second-order valence-electron chi connectivity index (χ2n) is 6.55. The summed E-state index contributed by atoms with van der Waals surface area (Å²) in [6, 6.07) is 5.30. The summed E-state index contributed by atoms with van der Waals surface area (Å²) in [5, 5.41) is 11.8. The minimum Gasteiger partial charge on any atom is -0.548 e. The van der Waals surface area contributed by atoms with Crippen LogP contribution in [0.5, 0.6) is 0 Å². The fourth-order valence-electron chi connectivity index (χ4n) is 2.73. The molecule has 22 heavy (non-hydrogen) atoms. The van der Waals surface area contributed by atoms with Crippen LogP contribution in [-0.2, 0) is 16.0 Å². The van der Waals surface area contributed by atoms with Gasteiger partial charge in [-0.15, -0.1) is 0 Å². The van der Waals surface area contributed by atoms with Crippen LogP contribution in [0.4, 0.5) is 4.79 Å². The minimum atomic E-state index is -1.39. The molecule has 0 bridgehead atoms. The molecule has 6 nitrogen and oxygen atoms in total. The fourth-order valence-corrected chi connectivity index (χ4v) is 2.73. The summed E-state index contributed by atoms with van der Waals surface area (Å²) in [6.45, 7) is 5.59. The number of carboxylic acid groups (broad SMARTS) is 1. The molecule has 0 aliphatic carbocycles. The van der Waals surface area contributed by atoms with Gasteiger partial charge in [-0.05, 0) is 45.7 Å². The lowest BCUT2D eigenvalue weighted by molar-refractivity contribution is -0.317. The third-order valence-electron chi connectivity index (χ3n) is 3.68. The van der Waals surface area contributed by atoms with Crippen LogP contribution < -0.4 is 5.11 Å². The van der Waals surface area contributed by atoms with Crippen molar-refractivity contribution in [2.24, 2.45) is 0 Å². The van der Waals surface area contributed by atoms with Crippen LogP contribution in [0.25, 0.3) is 0 Å². The molecule has 2 rings (SSSR count). The standard InChI is InChI=1S/C16H22N2O4/c1-15(2,3)22-14(21)18-10-6-8-16(18,13(19)20)11-12-7-4-5-9-17-12/h4-5,7,9H,6,8,10-11H2,1-3H3,(H,19,20)/p-1/t16-/m0/s1. The van der Waals surface area contributed by atoms with Gasteiger partial charge in [0.2, 0.25) is 0 Å². The van der Waals surface area contributed by atoms with Crippen molar-refractivity contribution in [1.29, 1.82) is 0 Å². The van der Waals surface area contributed by atoms with Gasteiger partial charge in [-0.1, -0.05) is 6.07 Å². The van der Waals surface area contributed by atoms with Crippen LogP contribution in [0.1, 0.15) is 39.3 Å². The topological polar surface area (TPSA) is 82.6 Å². The summed E-state index contributed by atoms with van der Waals surface area (Å²) in [7, 11) is 0. The molecule has 1 aliphatic rings. The molecule has 6 heteroatoms. The zero-order valence-electron chi connectivity index (χ0n) is 13.2. The average molecular weight is 305 g/mol. The highest BCUT2D eigenvalue weighted by Gasteiger charge is 2.46. The predicted molar refractivity (Wildman–Crippen MR) is 77.9 cm³/mol. The van der Waals surface area contributed by atoms with Gasteiger partial charge in [0.05, 0.1) is 11.5 Å². The van der Waals surface area contributed by atoms with E-state index in [4.69, 9.17) is 4.74 Å². The number of aromatic nitrogens is 1. The third-order valence-corrected chi connectivity index (χ3v) is 3.68. The SMILES string of the molecule is CC(C)(C)OC(=O)N1CCC[C@]1(Cc1ccccn1)C(=O)[O-]. The molecule has 0 saturated carbocycles. The van der Waals surface area contributed by atoms with Crippen LogP contribution in [-0.4, -0.2) is 39.6 Å². The first-order chi connectivity index (χ1) is 10.2. The second-order valence-corrected chi connectivity index (χ2v) is 6.55. The molecule has 1 fully saturated rings. The van der Waals surface area contributed by atoms with E-state index in [9.17, 15) is 14.7 Å². The smallest absolute Gasteiger partial charge is 0.411 e. The van der Waals surface area contributed by atoms with Crippen molar-refractivity contribution in [2.45, 2.75) is 51.2 Å². The summed E-state index contributed by atoms with van der Waals surface area (Å²) in [4.78, 5) is 29.6. The molecular weight excluding hydrogens is 284 g/mol. The second kappa shape index (κ2) is 5.94. The number of carboxylic acids is 1. The van der Waals surface area contributed by atoms with Gasteiger partial charge in [0.25, 0.3) is 0 Å². The Hall–Kier alpha value is -2.11. The number of ether oxygens (including phenoxy) is 1. The van der Waals surface area contributed by atoms with E-state index in [-0.39, 0.29) is 6.42 Å². The Morgan fingerprint density at radius 1 is 1.41 bits per heavy atom. The molecule has 2 heterocycles. The summed E-state index contributed by atoms with van der Waals surface area (Å²) in [6.07, 6.45) is 2.04. The van der Waals surface area contributed by atoms with Crippen molar-refractivity contribution in [1.82, 2.24) is 9.88 Å². The lowest BCUT2D eigenvalue weighted by Gasteiger charge is -2.39. The first-order valence-corrected chi connectivity index (χ1v) is 7.37. The van der Waals surface area contributed by atoms with Crippen molar-refractivity contribution in [3.05, 3.63) is 30.1 Å². The predicted octanol–water partition coefficient (Wildman–Crippen LogP) is 1.14. The molecule has 1 atom stereocenters.